The van der Waals surface area contributed by atoms with Gasteiger partial charge in [-0.15, -0.1) is 0 Å². The van der Waals surface area contributed by atoms with Crippen molar-refractivity contribution < 1.29 is 31.2 Å². The lowest BCUT2D eigenvalue weighted by Crippen LogP contribution is -2.42. The average Bonchev–Trinajstić information content (AvgIpc) is 3.23. The first kappa shape index (κ1) is 26.2. The van der Waals surface area contributed by atoms with Crippen LogP contribution >= 0.6 is 23.2 Å². The number of hydrogen-bond acceptors (Lipinski definition) is 5. The third-order valence-electron chi connectivity index (χ3n) is 5.75. The number of amides is 1. The van der Waals surface area contributed by atoms with Crippen molar-refractivity contribution in [3.63, 3.8) is 0 Å². The molecule has 1 unspecified atom stereocenters. The number of nitrogens with zero attached hydrogens (tertiary/aromatic N) is 1. The Morgan fingerprint density at radius 2 is 1.72 bits per heavy atom. The van der Waals surface area contributed by atoms with Gasteiger partial charge in [-0.2, -0.15) is 13.2 Å². The number of nitrogens with one attached hydrogen (secondary N) is 1. The smallest absolute Gasteiger partial charge is 0.374 e. The van der Waals surface area contributed by atoms with Crippen LogP contribution in [0.2, 0.25) is 10.0 Å². The monoisotopic (exact) mass is 558 g/mol. The van der Waals surface area contributed by atoms with E-state index in [4.69, 9.17) is 28.0 Å². The van der Waals surface area contributed by atoms with Gasteiger partial charge in [-0.25, -0.2) is 8.42 Å². The summed E-state index contributed by atoms with van der Waals surface area (Å²) >= 11 is 11.9. The van der Waals surface area contributed by atoms with Gasteiger partial charge in [0.15, 0.2) is 0 Å². The number of carbonyl (C=O) groups excluding carboxylic acids is 1. The van der Waals surface area contributed by atoms with Gasteiger partial charge < -0.3 is 10.2 Å². The fourth-order valence-electron chi connectivity index (χ4n) is 4.03. The van der Waals surface area contributed by atoms with Gasteiger partial charge >= 0.3 is 6.18 Å². The summed E-state index contributed by atoms with van der Waals surface area (Å²) in [6.45, 7) is -0.0788. The maximum Gasteiger partial charge on any atom is 0.435 e. The van der Waals surface area contributed by atoms with Crippen LogP contribution in [0.15, 0.2) is 59.8 Å². The molecule has 0 saturated heterocycles. The first-order valence-electron chi connectivity index (χ1n) is 10.6. The number of hydrogen-bond donors (Lipinski definition) is 1. The fourth-order valence-corrected chi connectivity index (χ4v) is 5.03. The SMILES string of the molecule is CS(=O)(=O)CCNC(=O)c1ccc(C2=NOC(c3cc(Cl)cc(Cl)c3)(C(F)(F)F)C2)c2ccccc12. The molecule has 1 aliphatic rings. The van der Waals surface area contributed by atoms with Gasteiger partial charge in [0.2, 0.25) is 0 Å². The molecule has 1 amide bonds. The number of benzene rings is 3. The van der Waals surface area contributed by atoms with E-state index >= 15 is 0 Å². The second-order valence-electron chi connectivity index (χ2n) is 8.38. The standard InChI is InChI=1S/C24H19Cl2F3N2O4S/c1-36(33,34)9-8-30-22(32)20-7-6-19(17-4-2-3-5-18(17)20)21-13-23(35-31-21,24(27,28)29)14-10-15(25)12-16(26)11-14/h2-7,10-12H,8-9,13H2,1H3,(H,30,32). The van der Waals surface area contributed by atoms with Crippen LogP contribution in [0, 0.1) is 0 Å². The Bertz CT molecular complexity index is 1470. The lowest BCUT2D eigenvalue weighted by atomic mass is 9.85. The first-order valence-corrected chi connectivity index (χ1v) is 13.4. The molecule has 0 aliphatic carbocycles. The summed E-state index contributed by atoms with van der Waals surface area (Å²) in [6.07, 6.45) is -4.43. The predicted molar refractivity (Wildman–Crippen MR) is 132 cm³/mol. The topological polar surface area (TPSA) is 84.8 Å². The number of oxime groups is 1. The Morgan fingerprint density at radius 3 is 2.33 bits per heavy atom. The zero-order valence-corrected chi connectivity index (χ0v) is 21.0. The molecule has 1 heterocycles. The van der Waals surface area contributed by atoms with Crippen molar-refractivity contribution in [2.45, 2.75) is 18.2 Å². The third kappa shape index (κ3) is 5.16. The van der Waals surface area contributed by atoms with E-state index in [0.29, 0.717) is 16.3 Å². The van der Waals surface area contributed by atoms with E-state index in [-0.39, 0.29) is 39.2 Å². The Hall–Kier alpha value is -2.82. The molecular weight excluding hydrogens is 540 g/mol. The molecule has 6 nitrogen and oxygen atoms in total. The average molecular weight is 559 g/mol. The van der Waals surface area contributed by atoms with E-state index in [1.165, 1.54) is 18.2 Å². The van der Waals surface area contributed by atoms with E-state index in [1.807, 2.05) is 0 Å². The largest absolute Gasteiger partial charge is 0.435 e. The van der Waals surface area contributed by atoms with Crippen molar-refractivity contribution in [2.75, 3.05) is 18.6 Å². The molecule has 0 radical (unpaired) electrons. The maximum atomic E-state index is 14.4. The molecule has 4 rings (SSSR count). The quantitative estimate of drug-likeness (QED) is 0.432. The number of carbonyl (C=O) groups is 1. The molecule has 190 valence electrons. The molecule has 0 aromatic heterocycles. The summed E-state index contributed by atoms with van der Waals surface area (Å²) in [6, 6.07) is 13.2. The molecule has 12 heteroatoms. The van der Waals surface area contributed by atoms with Crippen LogP contribution in [0.3, 0.4) is 0 Å². The molecule has 1 atom stereocenters. The van der Waals surface area contributed by atoms with Gasteiger partial charge in [0.25, 0.3) is 11.5 Å². The van der Waals surface area contributed by atoms with Crippen molar-refractivity contribution in [2.24, 2.45) is 5.16 Å². The summed E-state index contributed by atoms with van der Waals surface area (Å²) in [5, 5.41) is 7.35. The summed E-state index contributed by atoms with van der Waals surface area (Å²) in [7, 11) is -3.27. The lowest BCUT2D eigenvalue weighted by molar-refractivity contribution is -0.275. The first-order chi connectivity index (χ1) is 16.8. The molecule has 36 heavy (non-hydrogen) atoms. The van der Waals surface area contributed by atoms with Crippen molar-refractivity contribution in [1.29, 1.82) is 0 Å². The summed E-state index contributed by atoms with van der Waals surface area (Å²) in [5.74, 6) is -0.736. The molecular formula is C24H19Cl2F3N2O4S. The van der Waals surface area contributed by atoms with Crippen LogP contribution in [0.25, 0.3) is 10.8 Å². The van der Waals surface area contributed by atoms with Gasteiger partial charge in [-0.3, -0.25) is 4.79 Å². The van der Waals surface area contributed by atoms with Gasteiger partial charge in [0.1, 0.15) is 9.84 Å². The van der Waals surface area contributed by atoms with E-state index < -0.39 is 33.9 Å². The Labute approximate surface area is 214 Å². The van der Waals surface area contributed by atoms with Crippen molar-refractivity contribution in [3.8, 4) is 0 Å². The van der Waals surface area contributed by atoms with Crippen molar-refractivity contribution in [3.05, 3.63) is 81.3 Å². The predicted octanol–water partition coefficient (Wildman–Crippen LogP) is 5.50. The van der Waals surface area contributed by atoms with Gasteiger partial charge in [0, 0.05) is 46.0 Å². The van der Waals surface area contributed by atoms with Crippen LogP contribution in [0.5, 0.6) is 0 Å². The minimum absolute atomic E-state index is 0.0230. The summed E-state index contributed by atoms with van der Waals surface area (Å²) in [4.78, 5) is 17.8. The van der Waals surface area contributed by atoms with Crippen LogP contribution in [-0.4, -0.2) is 44.8 Å². The Kier molecular flexibility index (Phi) is 6.98. The highest BCUT2D eigenvalue weighted by Crippen LogP contribution is 2.50. The molecule has 3 aromatic rings. The van der Waals surface area contributed by atoms with Crippen molar-refractivity contribution >= 4 is 55.4 Å². The second kappa shape index (κ2) is 9.57. The van der Waals surface area contributed by atoms with Crippen LogP contribution < -0.4 is 5.32 Å². The Morgan fingerprint density at radius 1 is 1.08 bits per heavy atom. The highest BCUT2D eigenvalue weighted by atomic mass is 35.5. The molecule has 0 fully saturated rings. The van der Waals surface area contributed by atoms with E-state index in [9.17, 15) is 26.4 Å². The van der Waals surface area contributed by atoms with Crippen LogP contribution in [0.4, 0.5) is 13.2 Å². The molecule has 0 spiro atoms. The minimum Gasteiger partial charge on any atom is -0.374 e. The highest BCUT2D eigenvalue weighted by Gasteiger charge is 2.62. The van der Waals surface area contributed by atoms with E-state index in [2.05, 4.69) is 10.5 Å². The number of alkyl halides is 3. The van der Waals surface area contributed by atoms with E-state index in [1.54, 1.807) is 24.3 Å². The zero-order valence-electron chi connectivity index (χ0n) is 18.7. The number of halogens is 5. The lowest BCUT2D eigenvalue weighted by Gasteiger charge is -2.29. The number of sulfone groups is 1. The molecule has 0 saturated carbocycles. The van der Waals surface area contributed by atoms with Crippen LogP contribution in [0.1, 0.15) is 27.9 Å². The van der Waals surface area contributed by atoms with Crippen LogP contribution in [-0.2, 0) is 20.3 Å². The molecule has 1 N–H and O–H groups in total. The van der Waals surface area contributed by atoms with Gasteiger partial charge in [-0.05, 0) is 35.0 Å². The number of rotatable bonds is 6. The zero-order chi connectivity index (χ0) is 26.3. The summed E-state index contributed by atoms with van der Waals surface area (Å²) in [5.41, 5.74) is -2.44. The normalized spacial score (nSPS) is 18.1. The maximum absolute atomic E-state index is 14.4. The van der Waals surface area contributed by atoms with Crippen molar-refractivity contribution in [1.82, 2.24) is 5.32 Å². The van der Waals surface area contributed by atoms with Gasteiger partial charge in [-0.1, -0.05) is 58.7 Å². The third-order valence-corrected chi connectivity index (χ3v) is 7.13. The molecule has 1 aliphatic heterocycles. The second-order valence-corrected chi connectivity index (χ2v) is 11.5. The Balaban J connectivity index is 1.71. The number of fused-ring (bicyclic) bond motifs is 1. The highest BCUT2D eigenvalue weighted by molar-refractivity contribution is 7.90. The minimum atomic E-state index is -4.85. The molecule has 0 bridgehead atoms. The van der Waals surface area contributed by atoms with E-state index in [0.717, 1.165) is 18.4 Å². The fraction of sp³-hybridized carbons (Fsp3) is 0.250. The summed E-state index contributed by atoms with van der Waals surface area (Å²) < 4.78 is 65.8. The van der Waals surface area contributed by atoms with Gasteiger partial charge in [0.05, 0.1) is 11.5 Å². The molecule has 3 aromatic carbocycles.